The molecule has 2 aliphatic rings. The van der Waals surface area contributed by atoms with Gasteiger partial charge in [0.2, 0.25) is 5.91 Å². The van der Waals surface area contributed by atoms with Crippen molar-refractivity contribution in [3.63, 3.8) is 0 Å². The fourth-order valence-electron chi connectivity index (χ4n) is 3.79. The third kappa shape index (κ3) is 4.87. The van der Waals surface area contributed by atoms with E-state index in [0.29, 0.717) is 32.2 Å². The highest BCUT2D eigenvalue weighted by Gasteiger charge is 2.42. The maximum absolute atomic E-state index is 12.9. The third-order valence-corrected chi connectivity index (χ3v) is 6.36. The van der Waals surface area contributed by atoms with E-state index in [1.807, 2.05) is 0 Å². The quantitative estimate of drug-likeness (QED) is 0.705. The lowest BCUT2D eigenvalue weighted by Crippen LogP contribution is -2.57. The molecule has 9 nitrogen and oxygen atoms in total. The minimum atomic E-state index is -3.88. The SMILES string of the molecule is CC(C)CN1CC(NS(=O)(=O)c2cn(C)cn2)C(=O)NC2(CCOCC2)C1. The summed E-state index contributed by atoms with van der Waals surface area (Å²) in [5, 5.41) is 3.03. The summed E-state index contributed by atoms with van der Waals surface area (Å²) in [6.45, 7) is 7.24. The largest absolute Gasteiger partial charge is 0.381 e. The molecule has 2 N–H and O–H groups in total. The fraction of sp³-hybridized carbons (Fsp3) is 0.765. The van der Waals surface area contributed by atoms with Crippen LogP contribution in [0.2, 0.25) is 0 Å². The summed E-state index contributed by atoms with van der Waals surface area (Å²) in [6, 6.07) is -0.863. The van der Waals surface area contributed by atoms with Crippen molar-refractivity contribution in [3.8, 4) is 0 Å². The molecule has 27 heavy (non-hydrogen) atoms. The van der Waals surface area contributed by atoms with Gasteiger partial charge in [-0.2, -0.15) is 4.72 Å². The van der Waals surface area contributed by atoms with Crippen LogP contribution < -0.4 is 10.0 Å². The Balaban J connectivity index is 1.82. The maximum atomic E-state index is 12.9. The molecule has 1 aromatic heterocycles. The summed E-state index contributed by atoms with van der Waals surface area (Å²) in [4.78, 5) is 19.0. The van der Waals surface area contributed by atoms with Crippen molar-refractivity contribution in [1.82, 2.24) is 24.5 Å². The Hall–Kier alpha value is -1.49. The normalized spacial score (nSPS) is 24.1. The van der Waals surface area contributed by atoms with Gasteiger partial charge < -0.3 is 14.6 Å². The van der Waals surface area contributed by atoms with Crippen LogP contribution in [-0.2, 0) is 26.6 Å². The number of sulfonamides is 1. The molecule has 3 heterocycles. The first-order valence-corrected chi connectivity index (χ1v) is 10.8. The van der Waals surface area contributed by atoms with Gasteiger partial charge >= 0.3 is 0 Å². The number of carbonyl (C=O) groups is 1. The lowest BCUT2D eigenvalue weighted by Gasteiger charge is -2.39. The Labute approximate surface area is 160 Å². The van der Waals surface area contributed by atoms with Crippen molar-refractivity contribution in [2.45, 2.75) is 43.3 Å². The highest BCUT2D eigenvalue weighted by atomic mass is 32.2. The number of carbonyl (C=O) groups excluding carboxylic acids is 1. The Morgan fingerprint density at radius 2 is 2.11 bits per heavy atom. The van der Waals surface area contributed by atoms with Crippen LogP contribution in [0.5, 0.6) is 0 Å². The van der Waals surface area contributed by atoms with E-state index in [1.54, 1.807) is 11.6 Å². The van der Waals surface area contributed by atoms with Crippen molar-refractivity contribution in [2.75, 3.05) is 32.8 Å². The summed E-state index contributed by atoms with van der Waals surface area (Å²) in [5.41, 5.74) is -0.366. The average molecular weight is 400 g/mol. The molecule has 10 heteroatoms. The van der Waals surface area contributed by atoms with Crippen molar-refractivity contribution in [1.29, 1.82) is 0 Å². The molecule has 0 saturated carbocycles. The molecule has 0 aromatic carbocycles. The summed E-state index contributed by atoms with van der Waals surface area (Å²) in [5.74, 6) is 0.116. The van der Waals surface area contributed by atoms with Crippen molar-refractivity contribution >= 4 is 15.9 Å². The van der Waals surface area contributed by atoms with Crippen LogP contribution in [0.1, 0.15) is 26.7 Å². The topological polar surface area (TPSA) is 106 Å². The van der Waals surface area contributed by atoms with Gasteiger partial charge in [-0.15, -0.1) is 0 Å². The zero-order valence-corrected chi connectivity index (χ0v) is 17.0. The van der Waals surface area contributed by atoms with E-state index in [2.05, 4.69) is 33.8 Å². The van der Waals surface area contributed by atoms with E-state index in [4.69, 9.17) is 4.74 Å². The van der Waals surface area contributed by atoms with Gasteiger partial charge in [0.25, 0.3) is 10.0 Å². The zero-order chi connectivity index (χ0) is 19.7. The van der Waals surface area contributed by atoms with Gasteiger partial charge in [0.15, 0.2) is 5.03 Å². The van der Waals surface area contributed by atoms with Gasteiger partial charge in [0.05, 0.1) is 11.9 Å². The van der Waals surface area contributed by atoms with Crippen molar-refractivity contribution in [3.05, 3.63) is 12.5 Å². The molecule has 1 atom stereocenters. The predicted octanol–water partition coefficient (Wildman–Crippen LogP) is -0.296. The number of hydrogen-bond acceptors (Lipinski definition) is 6. The van der Waals surface area contributed by atoms with Crippen LogP contribution in [0.3, 0.4) is 0 Å². The monoisotopic (exact) mass is 399 g/mol. The number of nitrogens with zero attached hydrogens (tertiary/aromatic N) is 3. The van der Waals surface area contributed by atoms with Crippen LogP contribution >= 0.6 is 0 Å². The second kappa shape index (κ2) is 7.86. The fourth-order valence-corrected chi connectivity index (χ4v) is 4.96. The highest BCUT2D eigenvalue weighted by Crippen LogP contribution is 2.25. The smallest absolute Gasteiger partial charge is 0.260 e. The van der Waals surface area contributed by atoms with Gasteiger partial charge in [-0.25, -0.2) is 13.4 Å². The molecule has 1 unspecified atom stereocenters. The summed E-state index contributed by atoms with van der Waals surface area (Å²) < 4.78 is 34.9. The van der Waals surface area contributed by atoms with E-state index in [0.717, 1.165) is 19.4 Å². The number of imidazole rings is 1. The molecule has 0 bridgehead atoms. The second-order valence-electron chi connectivity index (χ2n) is 8.02. The summed E-state index contributed by atoms with van der Waals surface area (Å²) in [6.07, 6.45) is 4.30. The van der Waals surface area contributed by atoms with Crippen molar-refractivity contribution in [2.24, 2.45) is 13.0 Å². The highest BCUT2D eigenvalue weighted by molar-refractivity contribution is 7.89. The van der Waals surface area contributed by atoms with E-state index in [9.17, 15) is 13.2 Å². The molecule has 0 aliphatic carbocycles. The molecule has 1 aromatic rings. The third-order valence-electron chi connectivity index (χ3n) is 5.00. The molecule has 152 valence electrons. The van der Waals surface area contributed by atoms with Crippen molar-refractivity contribution < 1.29 is 17.9 Å². The number of aryl methyl sites for hydroxylation is 1. The number of aromatic nitrogens is 2. The van der Waals surface area contributed by atoms with Crippen LogP contribution in [0.15, 0.2) is 17.6 Å². The van der Waals surface area contributed by atoms with E-state index >= 15 is 0 Å². The number of rotatable bonds is 5. The molecule has 0 radical (unpaired) electrons. The molecule has 3 rings (SSSR count). The summed E-state index contributed by atoms with van der Waals surface area (Å²) in [7, 11) is -2.18. The average Bonchev–Trinajstić information content (AvgIpc) is 2.97. The Kier molecular flexibility index (Phi) is 5.90. The van der Waals surface area contributed by atoms with E-state index in [1.165, 1.54) is 12.5 Å². The van der Waals surface area contributed by atoms with Crippen LogP contribution in [0, 0.1) is 5.92 Å². The number of amides is 1. The molecule has 2 fully saturated rings. The minimum Gasteiger partial charge on any atom is -0.381 e. The molecule has 2 saturated heterocycles. The number of hydrogen-bond donors (Lipinski definition) is 2. The predicted molar refractivity (Wildman–Crippen MR) is 99.5 cm³/mol. The van der Waals surface area contributed by atoms with Crippen LogP contribution in [0.4, 0.5) is 0 Å². The Morgan fingerprint density at radius 3 is 2.70 bits per heavy atom. The van der Waals surface area contributed by atoms with Gasteiger partial charge in [0, 0.05) is 46.1 Å². The van der Waals surface area contributed by atoms with Crippen LogP contribution in [-0.4, -0.2) is 73.2 Å². The van der Waals surface area contributed by atoms with Gasteiger partial charge in [-0.3, -0.25) is 9.69 Å². The van der Waals surface area contributed by atoms with Gasteiger partial charge in [-0.05, 0) is 18.8 Å². The zero-order valence-electron chi connectivity index (χ0n) is 16.1. The molecular weight excluding hydrogens is 370 g/mol. The standard InChI is InChI=1S/C17H29N5O4S/c1-13(2)8-22-9-14(20-27(24,25)15-10-21(3)12-18-15)16(23)19-17(11-22)4-6-26-7-5-17/h10,12-14,20H,4-9,11H2,1-3H3,(H,19,23). The number of ether oxygens (including phenoxy) is 1. The first-order chi connectivity index (χ1) is 12.7. The first-order valence-electron chi connectivity index (χ1n) is 9.32. The van der Waals surface area contributed by atoms with Crippen LogP contribution in [0.25, 0.3) is 0 Å². The molecular formula is C17H29N5O4S. The summed E-state index contributed by atoms with van der Waals surface area (Å²) >= 11 is 0. The number of nitrogens with one attached hydrogen (secondary N) is 2. The van der Waals surface area contributed by atoms with Gasteiger partial charge in [-0.1, -0.05) is 13.8 Å². The van der Waals surface area contributed by atoms with Gasteiger partial charge in [0.1, 0.15) is 6.04 Å². The lowest BCUT2D eigenvalue weighted by molar-refractivity contribution is -0.124. The Bertz CT molecular complexity index is 770. The maximum Gasteiger partial charge on any atom is 0.260 e. The molecule has 2 aliphatic heterocycles. The second-order valence-corrected chi connectivity index (χ2v) is 9.68. The lowest BCUT2D eigenvalue weighted by atomic mass is 9.89. The Morgan fingerprint density at radius 1 is 1.41 bits per heavy atom. The minimum absolute atomic E-state index is 0.0850. The van der Waals surface area contributed by atoms with E-state index < -0.39 is 16.1 Å². The molecule has 1 spiro atoms. The van der Waals surface area contributed by atoms with E-state index in [-0.39, 0.29) is 16.5 Å². The first kappa shape index (κ1) is 20.2. The molecule has 1 amide bonds.